The van der Waals surface area contributed by atoms with Gasteiger partial charge in [-0.05, 0) is 59.7 Å². The summed E-state index contributed by atoms with van der Waals surface area (Å²) in [6, 6.07) is 31.4. The second kappa shape index (κ2) is 10.4. The molecule has 0 aromatic heterocycles. The molecule has 2 amide bonds. The van der Waals surface area contributed by atoms with Gasteiger partial charge in [-0.15, -0.1) is 0 Å². The molecule has 2 aliphatic rings. The zero-order chi connectivity index (χ0) is 26.9. The minimum absolute atomic E-state index is 0.177. The van der Waals surface area contributed by atoms with Gasteiger partial charge in [0, 0.05) is 5.02 Å². The predicted octanol–water partition coefficient (Wildman–Crippen LogP) is 5.61. The van der Waals surface area contributed by atoms with Gasteiger partial charge in [-0.3, -0.25) is 19.3 Å². The number of imide groups is 1. The quantitative estimate of drug-likeness (QED) is 0.180. The molecule has 3 atom stereocenters. The van der Waals surface area contributed by atoms with Crippen LogP contribution in [0.15, 0.2) is 109 Å². The topological polar surface area (TPSA) is 76.2 Å². The number of anilines is 1. The molecule has 2 heterocycles. The zero-order valence-electron chi connectivity index (χ0n) is 20.6. The van der Waals surface area contributed by atoms with Crippen molar-refractivity contribution in [2.45, 2.75) is 18.7 Å². The molecule has 7 nitrogen and oxygen atoms in total. The Morgan fingerprint density at radius 2 is 1.44 bits per heavy atom. The molecule has 4 aromatic carbocycles. The number of hydroxylamine groups is 1. The normalized spacial score (nSPS) is 20.3. The van der Waals surface area contributed by atoms with E-state index in [9.17, 15) is 14.4 Å². The average molecular weight is 539 g/mol. The van der Waals surface area contributed by atoms with E-state index in [-0.39, 0.29) is 18.4 Å². The number of benzene rings is 4. The third-order valence-corrected chi connectivity index (χ3v) is 7.16. The molecule has 0 bridgehead atoms. The number of fused-ring (bicyclic) bond motifs is 1. The van der Waals surface area contributed by atoms with Gasteiger partial charge in [0.1, 0.15) is 11.7 Å². The number of carbonyl (C=O) groups excluding carboxylic acids is 3. The third kappa shape index (κ3) is 4.78. The molecule has 2 fully saturated rings. The van der Waals surface area contributed by atoms with Crippen molar-refractivity contribution in [3.63, 3.8) is 0 Å². The maximum absolute atomic E-state index is 13.7. The highest BCUT2D eigenvalue weighted by Gasteiger charge is 2.59. The number of likely N-dealkylation sites (tertiary alicyclic amines) is 1. The van der Waals surface area contributed by atoms with Crippen molar-refractivity contribution >= 4 is 35.1 Å². The molecular formula is C31H23ClN2O5. The van der Waals surface area contributed by atoms with Crippen LogP contribution in [0.5, 0.6) is 5.75 Å². The molecule has 0 spiro atoms. The summed E-state index contributed by atoms with van der Waals surface area (Å²) in [5, 5.41) is 2.16. The Hall–Kier alpha value is -4.46. The lowest BCUT2D eigenvalue weighted by atomic mass is 9.90. The van der Waals surface area contributed by atoms with E-state index >= 15 is 0 Å². The number of esters is 1. The van der Waals surface area contributed by atoms with Crippen LogP contribution in [0.1, 0.15) is 27.5 Å². The number of hydrogen-bond acceptors (Lipinski definition) is 6. The Balaban J connectivity index is 1.30. The first-order chi connectivity index (χ1) is 19.0. The van der Waals surface area contributed by atoms with Gasteiger partial charge in [0.15, 0.2) is 6.10 Å². The zero-order valence-corrected chi connectivity index (χ0v) is 21.4. The van der Waals surface area contributed by atoms with Crippen molar-refractivity contribution in [2.24, 2.45) is 5.92 Å². The summed E-state index contributed by atoms with van der Waals surface area (Å²) in [7, 11) is 0. The minimum atomic E-state index is -0.961. The Kier molecular flexibility index (Phi) is 6.60. The van der Waals surface area contributed by atoms with Gasteiger partial charge in [-0.1, -0.05) is 72.3 Å². The molecule has 194 valence electrons. The highest BCUT2D eigenvalue weighted by Crippen LogP contribution is 2.47. The standard InChI is InChI=1S/C31H23ClN2O5/c32-23-13-15-24(16-14-23)34-27(21-11-17-25(18-12-21)38-31(37)22-9-5-2-6-10-22)26-28(39-34)30(36)33(29(26)35)19-20-7-3-1-4-8-20/h1-18,26-28H,19H2/t26-,27-,28-/m0/s1. The summed E-state index contributed by atoms with van der Waals surface area (Å²) < 4.78 is 5.52. The van der Waals surface area contributed by atoms with Gasteiger partial charge in [0.25, 0.3) is 5.91 Å². The first kappa shape index (κ1) is 24.9. The summed E-state index contributed by atoms with van der Waals surface area (Å²) in [6.45, 7) is 0.177. The lowest BCUT2D eigenvalue weighted by Gasteiger charge is -2.29. The molecule has 0 saturated carbocycles. The average Bonchev–Trinajstić information content (AvgIpc) is 3.47. The summed E-state index contributed by atoms with van der Waals surface area (Å²) >= 11 is 6.10. The molecule has 4 aromatic rings. The van der Waals surface area contributed by atoms with E-state index in [2.05, 4.69) is 0 Å². The maximum atomic E-state index is 13.7. The number of halogens is 1. The molecule has 2 aliphatic heterocycles. The van der Waals surface area contributed by atoms with Crippen LogP contribution in [-0.2, 0) is 21.0 Å². The van der Waals surface area contributed by atoms with Gasteiger partial charge < -0.3 is 4.74 Å². The Labute approximate surface area is 230 Å². The number of ether oxygens (including phenoxy) is 1. The van der Waals surface area contributed by atoms with Crippen LogP contribution in [0.3, 0.4) is 0 Å². The van der Waals surface area contributed by atoms with Crippen LogP contribution in [0.25, 0.3) is 0 Å². The summed E-state index contributed by atoms with van der Waals surface area (Å²) in [5.41, 5.74) is 2.69. The van der Waals surface area contributed by atoms with E-state index in [4.69, 9.17) is 21.2 Å². The number of carbonyl (C=O) groups is 3. The second-order valence-electron chi connectivity index (χ2n) is 9.37. The lowest BCUT2D eigenvalue weighted by molar-refractivity contribution is -0.143. The van der Waals surface area contributed by atoms with Crippen LogP contribution < -0.4 is 9.80 Å². The van der Waals surface area contributed by atoms with Crippen LogP contribution in [-0.4, -0.2) is 28.8 Å². The molecule has 0 N–H and O–H groups in total. The van der Waals surface area contributed by atoms with Gasteiger partial charge in [-0.25, -0.2) is 9.86 Å². The molecule has 6 rings (SSSR count). The molecule has 0 radical (unpaired) electrons. The summed E-state index contributed by atoms with van der Waals surface area (Å²) in [4.78, 5) is 47.0. The highest BCUT2D eigenvalue weighted by molar-refractivity contribution is 6.30. The molecule has 0 unspecified atom stereocenters. The number of amides is 2. The van der Waals surface area contributed by atoms with E-state index in [1.807, 2.05) is 36.4 Å². The monoisotopic (exact) mass is 538 g/mol. The summed E-state index contributed by atoms with van der Waals surface area (Å²) in [5.74, 6) is -1.53. The largest absolute Gasteiger partial charge is 0.423 e. The van der Waals surface area contributed by atoms with Crippen molar-refractivity contribution in [3.8, 4) is 5.75 Å². The molecular weight excluding hydrogens is 516 g/mol. The van der Waals surface area contributed by atoms with Crippen LogP contribution in [0, 0.1) is 5.92 Å². The Morgan fingerprint density at radius 3 is 2.10 bits per heavy atom. The lowest BCUT2D eigenvalue weighted by Crippen LogP contribution is -2.36. The number of rotatable bonds is 6. The Morgan fingerprint density at radius 1 is 0.795 bits per heavy atom. The highest BCUT2D eigenvalue weighted by atomic mass is 35.5. The molecule has 8 heteroatoms. The predicted molar refractivity (Wildman–Crippen MR) is 145 cm³/mol. The molecule has 39 heavy (non-hydrogen) atoms. The minimum Gasteiger partial charge on any atom is -0.423 e. The fourth-order valence-corrected chi connectivity index (χ4v) is 5.14. The maximum Gasteiger partial charge on any atom is 0.343 e. The van der Waals surface area contributed by atoms with Crippen LogP contribution >= 0.6 is 11.6 Å². The van der Waals surface area contributed by atoms with Crippen LogP contribution in [0.2, 0.25) is 5.02 Å². The first-order valence-electron chi connectivity index (χ1n) is 12.5. The van der Waals surface area contributed by atoms with Gasteiger partial charge >= 0.3 is 5.97 Å². The molecule has 0 aliphatic carbocycles. The fraction of sp³-hybridized carbons (Fsp3) is 0.129. The van der Waals surface area contributed by atoms with Gasteiger partial charge in [0.2, 0.25) is 5.91 Å². The van der Waals surface area contributed by atoms with Crippen molar-refractivity contribution in [3.05, 3.63) is 131 Å². The Bertz CT molecular complexity index is 1510. The van der Waals surface area contributed by atoms with E-state index in [1.54, 1.807) is 77.9 Å². The summed E-state index contributed by atoms with van der Waals surface area (Å²) in [6.07, 6.45) is -0.961. The SMILES string of the molecule is O=C(Oc1ccc([C@H]2[C@@H]3C(=O)N(Cc4ccccc4)C(=O)[C@H]3ON2c2ccc(Cl)cc2)cc1)c1ccccc1. The van der Waals surface area contributed by atoms with Gasteiger partial charge in [0.05, 0.1) is 23.8 Å². The van der Waals surface area contributed by atoms with Crippen molar-refractivity contribution in [1.29, 1.82) is 0 Å². The van der Waals surface area contributed by atoms with Crippen molar-refractivity contribution in [2.75, 3.05) is 5.06 Å². The van der Waals surface area contributed by atoms with Crippen molar-refractivity contribution in [1.82, 2.24) is 4.90 Å². The van der Waals surface area contributed by atoms with E-state index in [0.717, 1.165) is 11.1 Å². The fourth-order valence-electron chi connectivity index (χ4n) is 5.02. The third-order valence-electron chi connectivity index (χ3n) is 6.91. The van der Waals surface area contributed by atoms with E-state index < -0.39 is 24.0 Å². The van der Waals surface area contributed by atoms with Gasteiger partial charge in [-0.2, -0.15) is 0 Å². The second-order valence-corrected chi connectivity index (χ2v) is 9.81. The number of nitrogens with zero attached hydrogens (tertiary/aromatic N) is 2. The number of hydrogen-bond donors (Lipinski definition) is 0. The smallest absolute Gasteiger partial charge is 0.343 e. The first-order valence-corrected chi connectivity index (χ1v) is 12.9. The van der Waals surface area contributed by atoms with Crippen molar-refractivity contribution < 1.29 is 24.0 Å². The van der Waals surface area contributed by atoms with Crippen LogP contribution in [0.4, 0.5) is 5.69 Å². The molecule has 2 saturated heterocycles. The van der Waals surface area contributed by atoms with E-state index in [1.165, 1.54) is 4.90 Å². The van der Waals surface area contributed by atoms with E-state index in [0.29, 0.717) is 22.0 Å².